The number of imidazole rings is 1. The molecule has 0 radical (unpaired) electrons. The summed E-state index contributed by atoms with van der Waals surface area (Å²) in [5.41, 5.74) is 0.640. The van der Waals surface area contributed by atoms with E-state index in [0.717, 1.165) is 12.5 Å². The molecule has 0 aliphatic rings. The Hall–Kier alpha value is -1.82. The fraction of sp³-hybridized carbons (Fsp3) is 0.400. The highest BCUT2D eigenvalue weighted by Gasteiger charge is 2.31. The monoisotopic (exact) mass is 297 g/mol. The van der Waals surface area contributed by atoms with Gasteiger partial charge in [0.15, 0.2) is 0 Å². The maximum absolute atomic E-state index is 12.8. The largest absolute Gasteiger partial charge is 0.416 e. The molecule has 0 fully saturated rings. The molecule has 1 atom stereocenters. The first kappa shape index (κ1) is 15.6. The molecule has 0 aliphatic heterocycles. The van der Waals surface area contributed by atoms with Gasteiger partial charge in [0, 0.05) is 13.2 Å². The summed E-state index contributed by atoms with van der Waals surface area (Å²) in [4.78, 5) is 4.26. The predicted octanol–water partition coefficient (Wildman–Crippen LogP) is 3.53. The van der Waals surface area contributed by atoms with Crippen LogP contribution in [0.15, 0.2) is 36.8 Å². The maximum atomic E-state index is 12.8. The molecule has 0 amide bonds. The molecule has 6 heteroatoms. The van der Waals surface area contributed by atoms with E-state index in [2.05, 4.69) is 10.3 Å². The van der Waals surface area contributed by atoms with Crippen molar-refractivity contribution < 1.29 is 13.2 Å². The van der Waals surface area contributed by atoms with Crippen molar-refractivity contribution in [3.05, 3.63) is 53.6 Å². The summed E-state index contributed by atoms with van der Waals surface area (Å²) in [5, 5.41) is 3.25. The van der Waals surface area contributed by atoms with E-state index in [1.54, 1.807) is 17.0 Å². The summed E-state index contributed by atoms with van der Waals surface area (Å²) in [6.45, 7) is 2.71. The van der Waals surface area contributed by atoms with Crippen LogP contribution in [0.1, 0.15) is 36.2 Å². The molecule has 2 rings (SSSR count). The first-order valence-corrected chi connectivity index (χ1v) is 6.80. The van der Waals surface area contributed by atoms with Crippen molar-refractivity contribution in [2.75, 3.05) is 6.54 Å². The van der Waals surface area contributed by atoms with E-state index in [-0.39, 0.29) is 6.04 Å². The second-order valence-corrected chi connectivity index (χ2v) is 4.97. The van der Waals surface area contributed by atoms with Gasteiger partial charge in [0.1, 0.15) is 0 Å². The summed E-state index contributed by atoms with van der Waals surface area (Å²) in [6, 6.07) is 5.05. The third-order valence-electron chi connectivity index (χ3n) is 3.17. The lowest BCUT2D eigenvalue weighted by atomic mass is 10.0. The van der Waals surface area contributed by atoms with Crippen LogP contribution in [0, 0.1) is 0 Å². The molecule has 0 aliphatic carbocycles. The zero-order valence-electron chi connectivity index (χ0n) is 12.0. The second-order valence-electron chi connectivity index (χ2n) is 4.97. The van der Waals surface area contributed by atoms with Crippen molar-refractivity contribution in [3.63, 3.8) is 0 Å². The topological polar surface area (TPSA) is 29.9 Å². The molecule has 2 aromatic rings. The van der Waals surface area contributed by atoms with E-state index in [1.165, 1.54) is 12.1 Å². The van der Waals surface area contributed by atoms with Crippen molar-refractivity contribution in [2.45, 2.75) is 25.6 Å². The molecule has 1 N–H and O–H groups in total. The first-order valence-electron chi connectivity index (χ1n) is 6.80. The zero-order valence-corrected chi connectivity index (χ0v) is 12.0. The van der Waals surface area contributed by atoms with Crippen LogP contribution in [0.2, 0.25) is 0 Å². The van der Waals surface area contributed by atoms with Crippen molar-refractivity contribution in [1.82, 2.24) is 14.9 Å². The van der Waals surface area contributed by atoms with Crippen molar-refractivity contribution in [3.8, 4) is 0 Å². The molecule has 1 heterocycles. The summed E-state index contributed by atoms with van der Waals surface area (Å²) in [5.74, 6) is 0. The van der Waals surface area contributed by atoms with Crippen LogP contribution in [0.4, 0.5) is 13.2 Å². The highest BCUT2D eigenvalue weighted by Crippen LogP contribution is 2.31. The lowest BCUT2D eigenvalue weighted by Crippen LogP contribution is -2.24. The molecule has 0 spiro atoms. The number of nitrogens with one attached hydrogen (secondary N) is 1. The average Bonchev–Trinajstić information content (AvgIpc) is 2.85. The number of hydrogen-bond donors (Lipinski definition) is 1. The SMILES string of the molecule is CCCNC(c1cccc(C(F)(F)F)c1)c1cn(C)cn1. The van der Waals surface area contributed by atoms with Crippen molar-refractivity contribution in [1.29, 1.82) is 0 Å². The number of alkyl halides is 3. The lowest BCUT2D eigenvalue weighted by Gasteiger charge is -2.18. The van der Waals surface area contributed by atoms with Gasteiger partial charge in [-0.1, -0.05) is 19.1 Å². The Morgan fingerprint density at radius 1 is 1.33 bits per heavy atom. The van der Waals surface area contributed by atoms with Gasteiger partial charge in [-0.3, -0.25) is 0 Å². The molecule has 0 bridgehead atoms. The predicted molar refractivity (Wildman–Crippen MR) is 74.8 cm³/mol. The van der Waals surface area contributed by atoms with Gasteiger partial charge >= 0.3 is 6.18 Å². The van der Waals surface area contributed by atoms with Crippen LogP contribution < -0.4 is 5.32 Å². The van der Waals surface area contributed by atoms with Gasteiger partial charge in [-0.25, -0.2) is 4.98 Å². The van der Waals surface area contributed by atoms with E-state index in [9.17, 15) is 13.2 Å². The van der Waals surface area contributed by atoms with E-state index in [4.69, 9.17) is 0 Å². The number of halogens is 3. The van der Waals surface area contributed by atoms with Crippen molar-refractivity contribution >= 4 is 0 Å². The minimum atomic E-state index is -4.34. The molecule has 21 heavy (non-hydrogen) atoms. The molecular weight excluding hydrogens is 279 g/mol. The fourth-order valence-electron chi connectivity index (χ4n) is 2.16. The van der Waals surface area contributed by atoms with Gasteiger partial charge in [0.25, 0.3) is 0 Å². The Morgan fingerprint density at radius 3 is 2.67 bits per heavy atom. The fourth-order valence-corrected chi connectivity index (χ4v) is 2.16. The van der Waals surface area contributed by atoms with Gasteiger partial charge < -0.3 is 9.88 Å². The molecule has 1 unspecified atom stereocenters. The third kappa shape index (κ3) is 3.85. The molecule has 1 aromatic carbocycles. The van der Waals surface area contributed by atoms with Crippen LogP contribution in [-0.2, 0) is 13.2 Å². The second kappa shape index (κ2) is 6.30. The van der Waals surface area contributed by atoms with Crippen LogP contribution in [-0.4, -0.2) is 16.1 Å². The molecule has 0 saturated heterocycles. The van der Waals surface area contributed by atoms with Crippen molar-refractivity contribution in [2.24, 2.45) is 7.05 Å². The van der Waals surface area contributed by atoms with Crippen LogP contribution in [0.5, 0.6) is 0 Å². The number of benzene rings is 1. The average molecular weight is 297 g/mol. The number of nitrogens with zero attached hydrogens (tertiary/aromatic N) is 2. The van der Waals surface area contributed by atoms with E-state index >= 15 is 0 Å². The van der Waals surface area contributed by atoms with E-state index in [0.29, 0.717) is 17.8 Å². The van der Waals surface area contributed by atoms with Crippen LogP contribution >= 0.6 is 0 Å². The quantitative estimate of drug-likeness (QED) is 0.915. The van der Waals surface area contributed by atoms with E-state index < -0.39 is 11.7 Å². The highest BCUT2D eigenvalue weighted by atomic mass is 19.4. The molecule has 114 valence electrons. The highest BCUT2D eigenvalue weighted by molar-refractivity contribution is 5.32. The third-order valence-corrected chi connectivity index (χ3v) is 3.17. The van der Waals surface area contributed by atoms with Gasteiger partial charge in [-0.05, 0) is 30.7 Å². The zero-order chi connectivity index (χ0) is 15.5. The number of rotatable bonds is 5. The summed E-state index contributed by atoms with van der Waals surface area (Å²) in [6.07, 6.45) is 0.00881. The normalized spacial score (nSPS) is 13.4. The Kier molecular flexibility index (Phi) is 4.67. The van der Waals surface area contributed by atoms with E-state index in [1.807, 2.05) is 20.2 Å². The Balaban J connectivity index is 2.37. The van der Waals surface area contributed by atoms with Gasteiger partial charge in [-0.2, -0.15) is 13.2 Å². The minimum Gasteiger partial charge on any atom is -0.340 e. The number of aromatic nitrogens is 2. The standard InChI is InChI=1S/C15H18F3N3/c1-3-7-19-14(13-9-21(2)10-20-13)11-5-4-6-12(8-11)15(16,17)18/h4-6,8-10,14,19H,3,7H2,1-2H3. The van der Waals surface area contributed by atoms with Crippen LogP contribution in [0.25, 0.3) is 0 Å². The number of hydrogen-bond acceptors (Lipinski definition) is 2. The lowest BCUT2D eigenvalue weighted by molar-refractivity contribution is -0.137. The van der Waals surface area contributed by atoms with Gasteiger partial charge in [0.05, 0.1) is 23.6 Å². The van der Waals surface area contributed by atoms with Gasteiger partial charge in [0.2, 0.25) is 0 Å². The van der Waals surface area contributed by atoms with Gasteiger partial charge in [-0.15, -0.1) is 0 Å². The maximum Gasteiger partial charge on any atom is 0.416 e. The minimum absolute atomic E-state index is 0.339. The smallest absolute Gasteiger partial charge is 0.340 e. The first-order chi connectivity index (χ1) is 9.91. The van der Waals surface area contributed by atoms with Crippen LogP contribution in [0.3, 0.4) is 0 Å². The molecule has 3 nitrogen and oxygen atoms in total. The number of aryl methyl sites for hydroxylation is 1. The molecular formula is C15H18F3N3. The summed E-state index contributed by atoms with van der Waals surface area (Å²) >= 11 is 0. The summed E-state index contributed by atoms with van der Waals surface area (Å²) < 4.78 is 40.3. The Bertz CT molecular complexity index is 590. The Morgan fingerprint density at radius 2 is 2.10 bits per heavy atom. The summed E-state index contributed by atoms with van der Waals surface area (Å²) in [7, 11) is 1.83. The molecule has 1 aromatic heterocycles. The Labute approximate surface area is 121 Å². The molecule has 0 saturated carbocycles.